The predicted octanol–water partition coefficient (Wildman–Crippen LogP) is 6.07. The van der Waals surface area contributed by atoms with Crippen molar-refractivity contribution in [2.24, 2.45) is 0 Å². The lowest BCUT2D eigenvalue weighted by molar-refractivity contribution is 0.267. The van der Waals surface area contributed by atoms with Crippen LogP contribution < -0.4 is 14.8 Å². The van der Waals surface area contributed by atoms with E-state index < -0.39 is 0 Å². The molecule has 0 saturated carbocycles. The van der Waals surface area contributed by atoms with Crippen molar-refractivity contribution in [2.45, 2.75) is 33.4 Å². The molecule has 152 valence electrons. The summed E-state index contributed by atoms with van der Waals surface area (Å²) in [6.45, 7) is 6.89. The first-order chi connectivity index (χ1) is 14.2. The van der Waals surface area contributed by atoms with Gasteiger partial charge in [-0.1, -0.05) is 60.2 Å². The van der Waals surface area contributed by atoms with Crippen LogP contribution in [-0.4, -0.2) is 13.2 Å². The van der Waals surface area contributed by atoms with Gasteiger partial charge in [-0.05, 0) is 71.6 Å². The van der Waals surface area contributed by atoms with Crippen LogP contribution >= 0.6 is 15.9 Å². The van der Waals surface area contributed by atoms with E-state index in [1.165, 1.54) is 11.1 Å². The van der Waals surface area contributed by atoms with E-state index in [2.05, 4.69) is 88.8 Å². The van der Waals surface area contributed by atoms with Gasteiger partial charge in [-0.25, -0.2) is 0 Å². The maximum absolute atomic E-state index is 6.11. The zero-order valence-electron chi connectivity index (χ0n) is 17.1. The van der Waals surface area contributed by atoms with Crippen LogP contribution in [0.2, 0.25) is 0 Å². The van der Waals surface area contributed by atoms with Crippen LogP contribution in [0, 0.1) is 6.92 Å². The topological polar surface area (TPSA) is 30.5 Å². The first-order valence-corrected chi connectivity index (χ1v) is 10.8. The zero-order valence-corrected chi connectivity index (χ0v) is 18.7. The minimum absolute atomic E-state index is 0.509. The lowest BCUT2D eigenvalue weighted by atomic mass is 10.1. The molecule has 1 N–H and O–H groups in total. The quantitative estimate of drug-likeness (QED) is 0.378. The van der Waals surface area contributed by atoms with Crippen LogP contribution in [0.5, 0.6) is 11.5 Å². The van der Waals surface area contributed by atoms with E-state index in [1.807, 2.05) is 13.0 Å². The molecule has 29 heavy (non-hydrogen) atoms. The van der Waals surface area contributed by atoms with Gasteiger partial charge in [0.1, 0.15) is 6.61 Å². The van der Waals surface area contributed by atoms with Gasteiger partial charge in [0.15, 0.2) is 11.5 Å². The molecule has 0 aromatic heterocycles. The van der Waals surface area contributed by atoms with Gasteiger partial charge in [-0.2, -0.15) is 0 Å². The summed E-state index contributed by atoms with van der Waals surface area (Å²) in [5.74, 6) is 1.52. The van der Waals surface area contributed by atoms with Gasteiger partial charge >= 0.3 is 0 Å². The summed E-state index contributed by atoms with van der Waals surface area (Å²) < 4.78 is 12.9. The highest BCUT2D eigenvalue weighted by Gasteiger charge is 2.13. The summed E-state index contributed by atoms with van der Waals surface area (Å²) in [6, 6.07) is 23.0. The van der Waals surface area contributed by atoms with E-state index in [-0.39, 0.29) is 0 Å². The molecule has 0 spiro atoms. The van der Waals surface area contributed by atoms with Gasteiger partial charge in [0.2, 0.25) is 0 Å². The normalized spacial score (nSPS) is 10.7. The number of rotatable bonds is 10. The first kappa shape index (κ1) is 21.4. The Hall–Kier alpha value is -2.30. The molecule has 3 rings (SSSR count). The third kappa shape index (κ3) is 6.62. The van der Waals surface area contributed by atoms with Crippen molar-refractivity contribution in [2.75, 3.05) is 13.2 Å². The molecule has 3 aromatic carbocycles. The van der Waals surface area contributed by atoms with E-state index in [9.17, 15) is 0 Å². The molecule has 0 aliphatic carbocycles. The fraction of sp³-hybridized carbons (Fsp3) is 0.280. The van der Waals surface area contributed by atoms with Crippen LogP contribution in [0.3, 0.4) is 0 Å². The molecule has 4 heteroatoms. The molecule has 0 heterocycles. The Kier molecular flexibility index (Phi) is 8.14. The van der Waals surface area contributed by atoms with Crippen LogP contribution in [0.1, 0.15) is 29.2 Å². The van der Waals surface area contributed by atoms with Gasteiger partial charge in [0, 0.05) is 6.54 Å². The molecule has 0 atom stereocenters. The Bertz CT molecular complexity index is 912. The van der Waals surface area contributed by atoms with Gasteiger partial charge < -0.3 is 14.8 Å². The van der Waals surface area contributed by atoms with E-state index in [0.717, 1.165) is 46.6 Å². The molecule has 0 aliphatic heterocycles. The molecule has 0 fully saturated rings. The number of ether oxygens (including phenoxy) is 2. The lowest BCUT2D eigenvalue weighted by Gasteiger charge is -2.16. The second-order valence-corrected chi connectivity index (χ2v) is 7.88. The molecule has 3 aromatic rings. The number of hydrogen-bond donors (Lipinski definition) is 1. The van der Waals surface area contributed by atoms with E-state index in [0.29, 0.717) is 13.2 Å². The Labute approximate surface area is 182 Å². The standard InChI is InChI=1S/C25H28BrNO2/c1-3-28-24-16-22(17-27-13-12-20-9-5-4-6-10-20)15-23(26)25(24)29-18-21-11-7-8-19(2)14-21/h4-11,14-16,27H,3,12-13,17-18H2,1-2H3. The third-order valence-corrected chi connectivity index (χ3v) is 5.19. The van der Waals surface area contributed by atoms with Crippen molar-refractivity contribution in [3.63, 3.8) is 0 Å². The Morgan fingerprint density at radius 1 is 0.862 bits per heavy atom. The number of benzene rings is 3. The molecule has 3 nitrogen and oxygen atoms in total. The fourth-order valence-corrected chi connectivity index (χ4v) is 3.80. The van der Waals surface area contributed by atoms with Crippen LogP contribution in [-0.2, 0) is 19.6 Å². The van der Waals surface area contributed by atoms with Crippen LogP contribution in [0.25, 0.3) is 0 Å². The number of hydrogen-bond acceptors (Lipinski definition) is 3. The average Bonchev–Trinajstić information content (AvgIpc) is 2.72. The molecule has 0 radical (unpaired) electrons. The van der Waals surface area contributed by atoms with Gasteiger partial charge in [0.25, 0.3) is 0 Å². The summed E-state index contributed by atoms with van der Waals surface area (Å²) in [4.78, 5) is 0. The molecule has 0 saturated heterocycles. The van der Waals surface area contributed by atoms with Gasteiger partial charge in [-0.15, -0.1) is 0 Å². The van der Waals surface area contributed by atoms with Gasteiger partial charge in [-0.3, -0.25) is 0 Å². The number of nitrogens with one attached hydrogen (secondary N) is 1. The molecule has 0 aliphatic rings. The predicted molar refractivity (Wildman–Crippen MR) is 123 cm³/mol. The summed E-state index contributed by atoms with van der Waals surface area (Å²) in [5, 5.41) is 3.51. The highest BCUT2D eigenvalue weighted by Crippen LogP contribution is 2.37. The van der Waals surface area contributed by atoms with Crippen LogP contribution in [0.4, 0.5) is 0 Å². The maximum atomic E-state index is 6.11. The summed E-state index contributed by atoms with van der Waals surface area (Å²) in [7, 11) is 0. The lowest BCUT2D eigenvalue weighted by Crippen LogP contribution is -2.16. The zero-order chi connectivity index (χ0) is 20.5. The SMILES string of the molecule is CCOc1cc(CNCCc2ccccc2)cc(Br)c1OCc1cccc(C)c1. The monoisotopic (exact) mass is 453 g/mol. The molecule has 0 bridgehead atoms. The Morgan fingerprint density at radius 2 is 1.66 bits per heavy atom. The van der Waals surface area contributed by atoms with Gasteiger partial charge in [0.05, 0.1) is 11.1 Å². The highest BCUT2D eigenvalue weighted by molar-refractivity contribution is 9.10. The third-order valence-electron chi connectivity index (χ3n) is 4.60. The van der Waals surface area contributed by atoms with Crippen molar-refractivity contribution in [3.05, 3.63) is 93.5 Å². The molecule has 0 unspecified atom stereocenters. The van der Waals surface area contributed by atoms with Crippen molar-refractivity contribution >= 4 is 15.9 Å². The Balaban J connectivity index is 1.62. The van der Waals surface area contributed by atoms with Crippen molar-refractivity contribution in [1.82, 2.24) is 5.32 Å². The summed E-state index contributed by atoms with van der Waals surface area (Å²) in [6.07, 6.45) is 1.01. The minimum Gasteiger partial charge on any atom is -0.490 e. The smallest absolute Gasteiger partial charge is 0.175 e. The molecular weight excluding hydrogens is 426 g/mol. The van der Waals surface area contributed by atoms with E-state index in [4.69, 9.17) is 9.47 Å². The average molecular weight is 454 g/mol. The number of aryl methyl sites for hydroxylation is 1. The van der Waals surface area contributed by atoms with Crippen LogP contribution in [0.15, 0.2) is 71.2 Å². The summed E-state index contributed by atoms with van der Waals surface area (Å²) in [5.41, 5.74) is 4.88. The fourth-order valence-electron chi connectivity index (χ4n) is 3.19. The van der Waals surface area contributed by atoms with Crippen molar-refractivity contribution in [3.8, 4) is 11.5 Å². The van der Waals surface area contributed by atoms with E-state index in [1.54, 1.807) is 0 Å². The van der Waals surface area contributed by atoms with Crippen molar-refractivity contribution < 1.29 is 9.47 Å². The van der Waals surface area contributed by atoms with Crippen molar-refractivity contribution in [1.29, 1.82) is 0 Å². The molecular formula is C25H28BrNO2. The minimum atomic E-state index is 0.509. The molecule has 0 amide bonds. The maximum Gasteiger partial charge on any atom is 0.175 e. The highest BCUT2D eigenvalue weighted by atomic mass is 79.9. The second kappa shape index (κ2) is 11.0. The number of halogens is 1. The second-order valence-electron chi connectivity index (χ2n) is 7.03. The summed E-state index contributed by atoms with van der Waals surface area (Å²) >= 11 is 3.67. The Morgan fingerprint density at radius 3 is 2.41 bits per heavy atom. The van der Waals surface area contributed by atoms with E-state index >= 15 is 0 Å². The first-order valence-electron chi connectivity index (χ1n) is 10.0. The largest absolute Gasteiger partial charge is 0.490 e.